The molecule has 8 nitrogen and oxygen atoms in total. The molecule has 2 rings (SSSR count). The molecule has 10 heteroatoms. The Morgan fingerprint density at radius 2 is 1.00 bits per heavy atom. The zero-order valence-electron chi connectivity index (χ0n) is 12.8. The maximum atomic E-state index is 11.5. The van der Waals surface area contributed by atoms with Gasteiger partial charge in [0.05, 0.1) is 9.79 Å². The molecule has 0 saturated carbocycles. The first kappa shape index (κ1) is 18.2. The van der Waals surface area contributed by atoms with Crippen molar-refractivity contribution in [3.63, 3.8) is 0 Å². The number of anilines is 2. The fraction of sp³-hybridized carbons (Fsp3) is 0.143. The average molecular weight is 372 g/mol. The predicted molar refractivity (Wildman–Crippen MR) is 89.8 cm³/mol. The molecule has 0 heterocycles. The molecule has 0 radical (unpaired) electrons. The van der Waals surface area contributed by atoms with Crippen LogP contribution in [0.5, 0.6) is 0 Å². The van der Waals surface area contributed by atoms with Crippen LogP contribution in [-0.4, -0.2) is 25.9 Å². The fourth-order valence-electron chi connectivity index (χ4n) is 2.29. The van der Waals surface area contributed by atoms with Crippen molar-refractivity contribution in [3.8, 4) is 11.1 Å². The summed E-state index contributed by atoms with van der Waals surface area (Å²) < 4.78 is 64.5. The summed E-state index contributed by atoms with van der Waals surface area (Å²) >= 11 is 0. The van der Waals surface area contributed by atoms with Crippen molar-refractivity contribution >= 4 is 31.6 Å². The number of nitrogen functional groups attached to an aromatic ring is 2. The van der Waals surface area contributed by atoms with Crippen LogP contribution in [0.15, 0.2) is 34.1 Å². The van der Waals surface area contributed by atoms with Crippen molar-refractivity contribution in [2.45, 2.75) is 23.6 Å². The molecule has 0 saturated heterocycles. The Hall–Kier alpha value is -2.14. The van der Waals surface area contributed by atoms with Crippen LogP contribution >= 0.6 is 0 Å². The van der Waals surface area contributed by atoms with Gasteiger partial charge in [-0.2, -0.15) is 16.8 Å². The molecular weight excluding hydrogens is 356 g/mol. The summed E-state index contributed by atoms with van der Waals surface area (Å²) in [5.74, 6) is 0. The van der Waals surface area contributed by atoms with Crippen molar-refractivity contribution in [1.82, 2.24) is 0 Å². The Balaban J connectivity index is 2.84. The first-order valence-corrected chi connectivity index (χ1v) is 9.46. The average Bonchev–Trinajstić information content (AvgIpc) is 2.41. The molecule has 2 aromatic carbocycles. The van der Waals surface area contributed by atoms with Gasteiger partial charge in [0.2, 0.25) is 0 Å². The van der Waals surface area contributed by atoms with E-state index in [2.05, 4.69) is 0 Å². The second kappa shape index (κ2) is 5.74. The number of hydrogen-bond acceptors (Lipinski definition) is 6. The second-order valence-electron chi connectivity index (χ2n) is 5.33. The molecule has 0 aromatic heterocycles. The maximum Gasteiger partial charge on any atom is 0.294 e. The van der Waals surface area contributed by atoms with Crippen molar-refractivity contribution in [2.24, 2.45) is 0 Å². The van der Waals surface area contributed by atoms with E-state index in [0.29, 0.717) is 0 Å². The summed E-state index contributed by atoms with van der Waals surface area (Å²) in [6.07, 6.45) is 0. The van der Waals surface area contributed by atoms with Crippen LogP contribution in [0.25, 0.3) is 11.1 Å². The Bertz CT molecular complexity index is 958. The van der Waals surface area contributed by atoms with Crippen LogP contribution in [0, 0.1) is 13.8 Å². The Morgan fingerprint density at radius 3 is 1.25 bits per heavy atom. The summed E-state index contributed by atoms with van der Waals surface area (Å²) in [4.78, 5) is -0.796. The van der Waals surface area contributed by atoms with E-state index in [9.17, 15) is 25.9 Å². The molecule has 24 heavy (non-hydrogen) atoms. The van der Waals surface area contributed by atoms with Crippen LogP contribution in [0.3, 0.4) is 0 Å². The van der Waals surface area contributed by atoms with Crippen molar-refractivity contribution in [2.75, 3.05) is 11.5 Å². The predicted octanol–water partition coefficient (Wildman–Crippen LogP) is 1.63. The highest BCUT2D eigenvalue weighted by atomic mass is 32.2. The molecule has 0 aliphatic carbocycles. The van der Waals surface area contributed by atoms with E-state index in [1.165, 1.54) is 26.0 Å². The standard InChI is InChI=1S/C14H16N2O6S2/c1-7-11(15)3-9(5-13(7)23(17,18)19)10-4-12(16)8(2)14(6-10)24(20,21)22/h3-6H,15-16H2,1-2H3,(H,17,18,19)(H,20,21,22). The van der Waals surface area contributed by atoms with E-state index in [-0.39, 0.29) is 33.6 Å². The third-order valence-corrected chi connectivity index (χ3v) is 5.65. The maximum absolute atomic E-state index is 11.5. The van der Waals surface area contributed by atoms with Gasteiger partial charge in [0, 0.05) is 11.4 Å². The normalized spacial score (nSPS) is 12.3. The van der Waals surface area contributed by atoms with Gasteiger partial charge >= 0.3 is 0 Å². The lowest BCUT2D eigenvalue weighted by Gasteiger charge is -2.13. The minimum atomic E-state index is -4.52. The summed E-state index contributed by atoms with van der Waals surface area (Å²) in [7, 11) is -9.04. The van der Waals surface area contributed by atoms with Crippen LogP contribution in [0.4, 0.5) is 11.4 Å². The zero-order valence-corrected chi connectivity index (χ0v) is 14.4. The molecule has 0 unspecified atom stereocenters. The van der Waals surface area contributed by atoms with Crippen LogP contribution in [0.2, 0.25) is 0 Å². The van der Waals surface area contributed by atoms with Crippen LogP contribution < -0.4 is 11.5 Å². The van der Waals surface area contributed by atoms with E-state index >= 15 is 0 Å². The van der Waals surface area contributed by atoms with Crippen LogP contribution in [0.1, 0.15) is 11.1 Å². The van der Waals surface area contributed by atoms with Gasteiger partial charge in [-0.3, -0.25) is 9.11 Å². The van der Waals surface area contributed by atoms with Gasteiger partial charge in [-0.15, -0.1) is 0 Å². The summed E-state index contributed by atoms with van der Waals surface area (Å²) in [5, 5.41) is 0. The van der Waals surface area contributed by atoms with E-state index in [1.54, 1.807) is 0 Å². The van der Waals surface area contributed by atoms with Gasteiger partial charge in [0.15, 0.2) is 0 Å². The largest absolute Gasteiger partial charge is 0.398 e. The lowest BCUT2D eigenvalue weighted by Crippen LogP contribution is -2.06. The lowest BCUT2D eigenvalue weighted by atomic mass is 10.0. The highest BCUT2D eigenvalue weighted by Gasteiger charge is 2.20. The van der Waals surface area contributed by atoms with E-state index < -0.39 is 30.0 Å². The van der Waals surface area contributed by atoms with E-state index in [0.717, 1.165) is 12.1 Å². The smallest absolute Gasteiger partial charge is 0.294 e. The molecule has 0 atom stereocenters. The third kappa shape index (κ3) is 3.36. The number of hydrogen-bond donors (Lipinski definition) is 4. The molecule has 2 aromatic rings. The third-order valence-electron chi connectivity index (χ3n) is 3.69. The summed E-state index contributed by atoms with van der Waals surface area (Å²) in [6, 6.07) is 5.14. The molecule has 6 N–H and O–H groups in total. The SMILES string of the molecule is Cc1c(N)cc(-c2cc(N)c(C)c(S(=O)(=O)O)c2)cc1S(=O)(=O)O. The monoisotopic (exact) mass is 372 g/mol. The van der Waals surface area contributed by atoms with Gasteiger partial charge < -0.3 is 11.5 Å². The molecule has 0 aliphatic heterocycles. The van der Waals surface area contributed by atoms with Gasteiger partial charge in [0.25, 0.3) is 20.2 Å². The van der Waals surface area contributed by atoms with Gasteiger partial charge in [-0.25, -0.2) is 0 Å². The van der Waals surface area contributed by atoms with E-state index in [4.69, 9.17) is 11.5 Å². The molecule has 0 aliphatic rings. The minimum Gasteiger partial charge on any atom is -0.398 e. The number of nitrogens with two attached hydrogens (primary N) is 2. The molecule has 0 bridgehead atoms. The second-order valence-corrected chi connectivity index (χ2v) is 8.11. The summed E-state index contributed by atoms with van der Waals surface area (Å²) in [5.41, 5.74) is 12.5. The first-order valence-electron chi connectivity index (χ1n) is 6.58. The minimum absolute atomic E-state index is 0.0904. The zero-order chi connectivity index (χ0) is 18.4. The highest BCUT2D eigenvalue weighted by Crippen LogP contribution is 2.33. The highest BCUT2D eigenvalue weighted by molar-refractivity contribution is 7.86. The van der Waals surface area contributed by atoms with Gasteiger partial charge in [-0.1, -0.05) is 0 Å². The van der Waals surface area contributed by atoms with E-state index in [1.807, 2.05) is 0 Å². The number of rotatable bonds is 3. The molecule has 0 fully saturated rings. The Morgan fingerprint density at radius 1 is 0.708 bits per heavy atom. The fourth-order valence-corrected chi connectivity index (χ4v) is 3.85. The first-order chi connectivity index (χ1) is 10.8. The summed E-state index contributed by atoms with van der Waals surface area (Å²) in [6.45, 7) is 2.85. The van der Waals surface area contributed by atoms with Crippen molar-refractivity contribution in [3.05, 3.63) is 35.4 Å². The Kier molecular flexibility index (Phi) is 4.35. The van der Waals surface area contributed by atoms with Crippen LogP contribution in [-0.2, 0) is 20.2 Å². The van der Waals surface area contributed by atoms with Crippen molar-refractivity contribution < 1.29 is 25.9 Å². The molecular formula is C14H16N2O6S2. The van der Waals surface area contributed by atoms with Gasteiger partial charge in [-0.05, 0) is 60.4 Å². The quantitative estimate of drug-likeness (QED) is 0.467. The van der Waals surface area contributed by atoms with Crippen molar-refractivity contribution in [1.29, 1.82) is 0 Å². The lowest BCUT2D eigenvalue weighted by molar-refractivity contribution is 0.480. The van der Waals surface area contributed by atoms with Gasteiger partial charge in [0.1, 0.15) is 0 Å². The topological polar surface area (TPSA) is 161 Å². The molecule has 130 valence electrons. The number of benzene rings is 2. The molecule has 0 amide bonds. The Labute approximate surface area is 139 Å². The molecule has 0 spiro atoms.